The van der Waals surface area contributed by atoms with Crippen molar-refractivity contribution in [1.82, 2.24) is 9.97 Å². The van der Waals surface area contributed by atoms with E-state index in [1.807, 2.05) is 0 Å². The molecule has 0 bridgehead atoms. The summed E-state index contributed by atoms with van der Waals surface area (Å²) >= 11 is 0. The second kappa shape index (κ2) is 6.65. The minimum atomic E-state index is -0.536. The SMILES string of the molecule is CCOc1ccc(NC(=O)c2cnc(NC)cn2)cc1F. The van der Waals surface area contributed by atoms with Crippen LogP contribution in [0.15, 0.2) is 30.6 Å². The summed E-state index contributed by atoms with van der Waals surface area (Å²) in [5, 5.41) is 5.35. The van der Waals surface area contributed by atoms with Crippen molar-refractivity contribution >= 4 is 17.4 Å². The van der Waals surface area contributed by atoms with Gasteiger partial charge in [0.1, 0.15) is 11.5 Å². The fourth-order valence-corrected chi connectivity index (χ4v) is 1.62. The number of benzene rings is 1. The molecule has 2 rings (SSSR count). The lowest BCUT2D eigenvalue weighted by atomic mass is 10.2. The van der Waals surface area contributed by atoms with Crippen LogP contribution in [0.3, 0.4) is 0 Å². The highest BCUT2D eigenvalue weighted by Crippen LogP contribution is 2.21. The molecule has 0 aliphatic carbocycles. The Kier molecular flexibility index (Phi) is 4.65. The molecule has 21 heavy (non-hydrogen) atoms. The van der Waals surface area contributed by atoms with Crippen LogP contribution in [0.25, 0.3) is 0 Å². The van der Waals surface area contributed by atoms with Gasteiger partial charge in [0.05, 0.1) is 19.0 Å². The standard InChI is InChI=1S/C14H15FN4O2/c1-3-21-12-5-4-9(6-10(12)15)19-14(20)11-7-18-13(16-2)8-17-11/h4-8H,3H2,1-2H3,(H,16,18)(H,19,20). The molecule has 1 aromatic heterocycles. The lowest BCUT2D eigenvalue weighted by Crippen LogP contribution is -2.14. The number of nitrogens with zero attached hydrogens (tertiary/aromatic N) is 2. The molecule has 110 valence electrons. The zero-order valence-corrected chi connectivity index (χ0v) is 11.7. The normalized spacial score (nSPS) is 10.0. The van der Waals surface area contributed by atoms with Crippen molar-refractivity contribution in [3.63, 3.8) is 0 Å². The van der Waals surface area contributed by atoms with E-state index in [0.29, 0.717) is 18.1 Å². The molecule has 0 saturated carbocycles. The quantitative estimate of drug-likeness (QED) is 0.883. The van der Waals surface area contributed by atoms with Gasteiger partial charge in [-0.15, -0.1) is 0 Å². The van der Waals surface area contributed by atoms with Crippen LogP contribution >= 0.6 is 0 Å². The van der Waals surface area contributed by atoms with Gasteiger partial charge in [0.15, 0.2) is 11.6 Å². The number of ether oxygens (including phenoxy) is 1. The van der Waals surface area contributed by atoms with Crippen molar-refractivity contribution in [1.29, 1.82) is 0 Å². The third kappa shape index (κ3) is 3.65. The van der Waals surface area contributed by atoms with Crippen molar-refractivity contribution in [2.45, 2.75) is 6.92 Å². The maximum Gasteiger partial charge on any atom is 0.275 e. The molecule has 6 nitrogen and oxygen atoms in total. The van der Waals surface area contributed by atoms with E-state index < -0.39 is 11.7 Å². The van der Waals surface area contributed by atoms with Crippen LogP contribution < -0.4 is 15.4 Å². The topological polar surface area (TPSA) is 76.1 Å². The van der Waals surface area contributed by atoms with Gasteiger partial charge in [-0.3, -0.25) is 4.79 Å². The van der Waals surface area contributed by atoms with Crippen LogP contribution in [-0.2, 0) is 0 Å². The summed E-state index contributed by atoms with van der Waals surface area (Å²) in [6.45, 7) is 2.14. The zero-order chi connectivity index (χ0) is 15.2. The summed E-state index contributed by atoms with van der Waals surface area (Å²) in [6.07, 6.45) is 2.78. The summed E-state index contributed by atoms with van der Waals surface area (Å²) in [4.78, 5) is 19.9. The maximum absolute atomic E-state index is 13.7. The summed E-state index contributed by atoms with van der Waals surface area (Å²) in [5.41, 5.74) is 0.462. The second-order valence-corrected chi connectivity index (χ2v) is 4.07. The van der Waals surface area contributed by atoms with E-state index in [9.17, 15) is 9.18 Å². The fourth-order valence-electron chi connectivity index (χ4n) is 1.62. The van der Waals surface area contributed by atoms with Gasteiger partial charge in [0.25, 0.3) is 5.91 Å². The molecule has 7 heteroatoms. The average Bonchev–Trinajstić information content (AvgIpc) is 2.50. The summed E-state index contributed by atoms with van der Waals surface area (Å²) < 4.78 is 18.8. The Morgan fingerprint density at radius 1 is 1.33 bits per heavy atom. The number of halogens is 1. The molecular formula is C14H15FN4O2. The molecule has 2 aromatic rings. The number of hydrogen-bond donors (Lipinski definition) is 2. The number of carbonyl (C=O) groups is 1. The van der Waals surface area contributed by atoms with Crippen LogP contribution in [0.2, 0.25) is 0 Å². The Labute approximate surface area is 121 Å². The molecule has 0 atom stereocenters. The van der Waals surface area contributed by atoms with Crippen LogP contribution in [0, 0.1) is 5.82 Å². The molecule has 0 spiro atoms. The van der Waals surface area contributed by atoms with Crippen molar-refractivity contribution in [3.8, 4) is 5.75 Å². The monoisotopic (exact) mass is 290 g/mol. The summed E-state index contributed by atoms with van der Waals surface area (Å²) in [7, 11) is 1.70. The van der Waals surface area contributed by atoms with Crippen LogP contribution in [0.1, 0.15) is 17.4 Å². The predicted molar refractivity (Wildman–Crippen MR) is 77.1 cm³/mol. The van der Waals surface area contributed by atoms with Gasteiger partial charge < -0.3 is 15.4 Å². The first kappa shape index (κ1) is 14.7. The van der Waals surface area contributed by atoms with Gasteiger partial charge in [0.2, 0.25) is 0 Å². The first-order valence-electron chi connectivity index (χ1n) is 6.37. The number of anilines is 2. The first-order chi connectivity index (χ1) is 10.1. The van der Waals surface area contributed by atoms with E-state index in [1.165, 1.54) is 24.5 Å². The highest BCUT2D eigenvalue weighted by molar-refractivity contribution is 6.02. The molecule has 0 radical (unpaired) electrons. The van der Waals surface area contributed by atoms with Gasteiger partial charge >= 0.3 is 0 Å². The number of carbonyl (C=O) groups excluding carboxylic acids is 1. The fraction of sp³-hybridized carbons (Fsp3) is 0.214. The lowest BCUT2D eigenvalue weighted by molar-refractivity contribution is 0.102. The summed E-state index contributed by atoms with van der Waals surface area (Å²) in [6, 6.07) is 4.21. The Morgan fingerprint density at radius 3 is 2.71 bits per heavy atom. The van der Waals surface area contributed by atoms with Crippen LogP contribution in [-0.4, -0.2) is 29.5 Å². The van der Waals surface area contributed by atoms with Gasteiger partial charge in [-0.25, -0.2) is 14.4 Å². The molecule has 0 saturated heterocycles. The van der Waals surface area contributed by atoms with E-state index in [2.05, 4.69) is 20.6 Å². The number of hydrogen-bond acceptors (Lipinski definition) is 5. The summed E-state index contributed by atoms with van der Waals surface area (Å²) in [5.74, 6) is -0.299. The third-order valence-corrected chi connectivity index (χ3v) is 2.63. The van der Waals surface area contributed by atoms with Gasteiger partial charge in [-0.05, 0) is 19.1 Å². The van der Waals surface area contributed by atoms with Gasteiger partial charge in [0, 0.05) is 18.8 Å². The van der Waals surface area contributed by atoms with Crippen LogP contribution in [0.4, 0.5) is 15.9 Å². The molecule has 0 aliphatic heterocycles. The number of rotatable bonds is 5. The molecule has 1 aromatic carbocycles. The highest BCUT2D eigenvalue weighted by atomic mass is 19.1. The van der Waals surface area contributed by atoms with Crippen molar-refractivity contribution in [3.05, 3.63) is 42.1 Å². The Hall–Kier alpha value is -2.70. The third-order valence-electron chi connectivity index (χ3n) is 2.63. The van der Waals surface area contributed by atoms with E-state index in [0.717, 1.165) is 0 Å². The smallest absolute Gasteiger partial charge is 0.275 e. The van der Waals surface area contributed by atoms with Crippen molar-refractivity contribution in [2.24, 2.45) is 0 Å². The molecule has 1 heterocycles. The Balaban J connectivity index is 2.09. The average molecular weight is 290 g/mol. The van der Waals surface area contributed by atoms with Crippen molar-refractivity contribution < 1.29 is 13.9 Å². The number of amides is 1. The molecule has 2 N–H and O–H groups in total. The number of aromatic nitrogens is 2. The Morgan fingerprint density at radius 2 is 2.14 bits per heavy atom. The molecule has 0 aliphatic rings. The molecular weight excluding hydrogens is 275 g/mol. The molecule has 0 fully saturated rings. The number of nitrogens with one attached hydrogen (secondary N) is 2. The predicted octanol–water partition coefficient (Wildman–Crippen LogP) is 2.31. The van der Waals surface area contributed by atoms with E-state index in [1.54, 1.807) is 20.0 Å². The largest absolute Gasteiger partial charge is 0.491 e. The highest BCUT2D eigenvalue weighted by Gasteiger charge is 2.10. The first-order valence-corrected chi connectivity index (χ1v) is 6.37. The van der Waals surface area contributed by atoms with Gasteiger partial charge in [-0.1, -0.05) is 0 Å². The second-order valence-electron chi connectivity index (χ2n) is 4.07. The molecule has 1 amide bonds. The minimum Gasteiger partial charge on any atom is -0.491 e. The van der Waals surface area contributed by atoms with Crippen molar-refractivity contribution in [2.75, 3.05) is 24.3 Å². The minimum absolute atomic E-state index is 0.142. The van der Waals surface area contributed by atoms with E-state index in [4.69, 9.17) is 4.74 Å². The maximum atomic E-state index is 13.7. The molecule has 0 unspecified atom stereocenters. The van der Waals surface area contributed by atoms with Gasteiger partial charge in [-0.2, -0.15) is 0 Å². The van der Waals surface area contributed by atoms with E-state index in [-0.39, 0.29) is 11.4 Å². The zero-order valence-electron chi connectivity index (χ0n) is 11.7. The van der Waals surface area contributed by atoms with E-state index >= 15 is 0 Å². The Bertz CT molecular complexity index is 631. The van der Waals surface area contributed by atoms with Crippen LogP contribution in [0.5, 0.6) is 5.75 Å². The lowest BCUT2D eigenvalue weighted by Gasteiger charge is -2.08.